The average Bonchev–Trinajstić information content (AvgIpc) is 2.23. The fourth-order valence-corrected chi connectivity index (χ4v) is 1.14. The fraction of sp³-hybridized carbons (Fsp3) is 0.545. The number of carboxylic acids is 2. The molecule has 0 unspecified atom stereocenters. The first-order chi connectivity index (χ1) is 7.97. The average molecular weight is 241 g/mol. The van der Waals surface area contributed by atoms with Gasteiger partial charge in [-0.2, -0.15) is 0 Å². The van der Waals surface area contributed by atoms with Crippen molar-refractivity contribution in [3.8, 4) is 12.3 Å². The zero-order chi connectivity index (χ0) is 13.3. The van der Waals surface area contributed by atoms with Gasteiger partial charge in [-0.1, -0.05) is 0 Å². The number of hydrogen-bond acceptors (Lipinski definition) is 3. The molecule has 6 heteroatoms. The van der Waals surface area contributed by atoms with Gasteiger partial charge in [0.05, 0.1) is 0 Å². The summed E-state index contributed by atoms with van der Waals surface area (Å²) in [6.45, 7) is 0. The molecule has 0 radical (unpaired) electrons. The van der Waals surface area contributed by atoms with E-state index >= 15 is 0 Å². The lowest BCUT2D eigenvalue weighted by atomic mass is 10.1. The molecule has 0 aromatic rings. The number of nitrogens with one attached hydrogen (secondary N) is 1. The Hall–Kier alpha value is -2.03. The number of rotatable bonds is 8. The summed E-state index contributed by atoms with van der Waals surface area (Å²) in [5.74, 6) is -0.406. The summed E-state index contributed by atoms with van der Waals surface area (Å²) in [5.41, 5.74) is 0. The normalized spacial score (nSPS) is 11.2. The van der Waals surface area contributed by atoms with Crippen LogP contribution in [0.5, 0.6) is 0 Å². The van der Waals surface area contributed by atoms with Crippen molar-refractivity contribution in [2.75, 3.05) is 0 Å². The van der Waals surface area contributed by atoms with Crippen LogP contribution in [0.4, 0.5) is 0 Å². The number of aliphatic carboxylic acids is 2. The van der Waals surface area contributed by atoms with Crippen molar-refractivity contribution in [1.82, 2.24) is 5.32 Å². The van der Waals surface area contributed by atoms with Crippen molar-refractivity contribution in [3.05, 3.63) is 0 Å². The lowest BCUT2D eigenvalue weighted by Gasteiger charge is -2.13. The van der Waals surface area contributed by atoms with Crippen LogP contribution in [0.2, 0.25) is 0 Å². The third-order valence-electron chi connectivity index (χ3n) is 2.01. The van der Waals surface area contributed by atoms with Gasteiger partial charge in [0.25, 0.3) is 0 Å². The molecule has 0 aliphatic heterocycles. The Morgan fingerprint density at radius 1 is 1.24 bits per heavy atom. The second kappa shape index (κ2) is 8.16. The molecule has 0 heterocycles. The van der Waals surface area contributed by atoms with E-state index in [2.05, 4.69) is 11.2 Å². The first-order valence-corrected chi connectivity index (χ1v) is 5.14. The third kappa shape index (κ3) is 7.85. The lowest BCUT2D eigenvalue weighted by Crippen LogP contribution is -2.41. The minimum atomic E-state index is -1.24. The molecule has 0 bridgehead atoms. The van der Waals surface area contributed by atoms with Gasteiger partial charge in [-0.15, -0.1) is 12.3 Å². The van der Waals surface area contributed by atoms with Crippen LogP contribution in [0.15, 0.2) is 0 Å². The van der Waals surface area contributed by atoms with E-state index in [0.717, 1.165) is 0 Å². The second-order valence-corrected chi connectivity index (χ2v) is 3.45. The van der Waals surface area contributed by atoms with Gasteiger partial charge in [0.1, 0.15) is 6.04 Å². The van der Waals surface area contributed by atoms with Gasteiger partial charge in [0.15, 0.2) is 0 Å². The SMILES string of the molecule is C#CCCCC(=O)N[C@@H](CCC(=O)O)C(=O)O. The maximum Gasteiger partial charge on any atom is 0.326 e. The summed E-state index contributed by atoms with van der Waals surface area (Å²) >= 11 is 0. The van der Waals surface area contributed by atoms with E-state index in [9.17, 15) is 14.4 Å². The van der Waals surface area contributed by atoms with Crippen LogP contribution >= 0.6 is 0 Å². The second-order valence-electron chi connectivity index (χ2n) is 3.45. The highest BCUT2D eigenvalue weighted by Crippen LogP contribution is 2.00. The van der Waals surface area contributed by atoms with E-state index < -0.39 is 23.9 Å². The topological polar surface area (TPSA) is 104 Å². The number of carbonyl (C=O) groups is 3. The Labute approximate surface area is 99.0 Å². The number of terminal acetylenes is 1. The lowest BCUT2D eigenvalue weighted by molar-refractivity contribution is -0.143. The zero-order valence-electron chi connectivity index (χ0n) is 9.31. The Morgan fingerprint density at radius 2 is 1.88 bits per heavy atom. The first kappa shape index (κ1) is 15.0. The molecule has 0 saturated heterocycles. The van der Waals surface area contributed by atoms with Crippen LogP contribution in [-0.4, -0.2) is 34.1 Å². The monoisotopic (exact) mass is 241 g/mol. The molecule has 1 amide bonds. The van der Waals surface area contributed by atoms with Gasteiger partial charge in [0.2, 0.25) is 5.91 Å². The number of amides is 1. The van der Waals surface area contributed by atoms with E-state index in [1.807, 2.05) is 0 Å². The van der Waals surface area contributed by atoms with Gasteiger partial charge >= 0.3 is 11.9 Å². The molecule has 0 rings (SSSR count). The molecule has 0 aromatic carbocycles. The van der Waals surface area contributed by atoms with E-state index in [1.165, 1.54) is 0 Å². The highest BCUT2D eigenvalue weighted by Gasteiger charge is 2.20. The quantitative estimate of drug-likeness (QED) is 0.416. The number of carboxylic acid groups (broad SMARTS) is 2. The highest BCUT2D eigenvalue weighted by molar-refractivity contribution is 5.83. The first-order valence-electron chi connectivity index (χ1n) is 5.14. The molecule has 0 saturated carbocycles. The van der Waals surface area contributed by atoms with Gasteiger partial charge in [-0.05, 0) is 12.8 Å². The largest absolute Gasteiger partial charge is 0.481 e. The molecule has 94 valence electrons. The Morgan fingerprint density at radius 3 is 2.35 bits per heavy atom. The van der Waals surface area contributed by atoms with Crippen LogP contribution < -0.4 is 5.32 Å². The van der Waals surface area contributed by atoms with Gasteiger partial charge in [-0.3, -0.25) is 9.59 Å². The fourth-order valence-electron chi connectivity index (χ4n) is 1.14. The van der Waals surface area contributed by atoms with Crippen molar-refractivity contribution in [3.63, 3.8) is 0 Å². The standard InChI is InChI=1S/C11H15NO5/c1-2-3-4-5-9(13)12-8(11(16)17)6-7-10(14)15/h1,8H,3-7H2,(H,12,13)(H,14,15)(H,16,17)/t8-/m0/s1. The summed E-state index contributed by atoms with van der Waals surface area (Å²) < 4.78 is 0. The summed E-state index contributed by atoms with van der Waals surface area (Å²) in [6, 6.07) is -1.16. The summed E-state index contributed by atoms with van der Waals surface area (Å²) in [5, 5.41) is 19.5. The van der Waals surface area contributed by atoms with Gasteiger partial charge < -0.3 is 15.5 Å². The maximum absolute atomic E-state index is 11.3. The maximum atomic E-state index is 11.3. The highest BCUT2D eigenvalue weighted by atomic mass is 16.4. The molecule has 0 aliphatic carbocycles. The molecule has 0 spiro atoms. The van der Waals surface area contributed by atoms with E-state index in [-0.39, 0.29) is 19.3 Å². The Balaban J connectivity index is 4.07. The predicted octanol–water partition coefficient (Wildman–Crippen LogP) is 0.224. The number of hydrogen-bond donors (Lipinski definition) is 3. The van der Waals surface area contributed by atoms with Crippen molar-refractivity contribution in [1.29, 1.82) is 0 Å². The molecule has 6 nitrogen and oxygen atoms in total. The van der Waals surface area contributed by atoms with E-state index in [0.29, 0.717) is 12.8 Å². The van der Waals surface area contributed by atoms with E-state index in [1.54, 1.807) is 0 Å². The van der Waals surface area contributed by atoms with Crippen LogP contribution in [-0.2, 0) is 14.4 Å². The Bertz CT molecular complexity index is 331. The minimum Gasteiger partial charge on any atom is -0.481 e. The van der Waals surface area contributed by atoms with Crippen LogP contribution in [0.3, 0.4) is 0 Å². The van der Waals surface area contributed by atoms with Gasteiger partial charge in [-0.25, -0.2) is 4.79 Å². The minimum absolute atomic E-state index is 0.133. The summed E-state index contributed by atoms with van der Waals surface area (Å²) in [6.07, 6.45) is 5.63. The predicted molar refractivity (Wildman–Crippen MR) is 59.1 cm³/mol. The van der Waals surface area contributed by atoms with Crippen molar-refractivity contribution >= 4 is 17.8 Å². The number of unbranched alkanes of at least 4 members (excludes halogenated alkanes) is 1. The number of carbonyl (C=O) groups excluding carboxylic acids is 1. The molecule has 0 aliphatic rings. The Kier molecular flexibility index (Phi) is 7.19. The molecule has 3 N–H and O–H groups in total. The van der Waals surface area contributed by atoms with Gasteiger partial charge in [0, 0.05) is 19.3 Å². The van der Waals surface area contributed by atoms with Crippen molar-refractivity contribution in [2.45, 2.75) is 38.1 Å². The molecule has 0 aromatic heterocycles. The van der Waals surface area contributed by atoms with Crippen LogP contribution in [0, 0.1) is 12.3 Å². The van der Waals surface area contributed by atoms with E-state index in [4.69, 9.17) is 16.6 Å². The summed E-state index contributed by atoms with van der Waals surface area (Å²) in [7, 11) is 0. The smallest absolute Gasteiger partial charge is 0.326 e. The summed E-state index contributed by atoms with van der Waals surface area (Å²) in [4.78, 5) is 32.3. The molecule has 17 heavy (non-hydrogen) atoms. The van der Waals surface area contributed by atoms with Crippen molar-refractivity contribution < 1.29 is 24.6 Å². The van der Waals surface area contributed by atoms with Crippen LogP contribution in [0.25, 0.3) is 0 Å². The zero-order valence-corrected chi connectivity index (χ0v) is 9.31. The van der Waals surface area contributed by atoms with Crippen LogP contribution in [0.1, 0.15) is 32.1 Å². The van der Waals surface area contributed by atoms with Crippen molar-refractivity contribution in [2.24, 2.45) is 0 Å². The molecular formula is C11H15NO5. The third-order valence-corrected chi connectivity index (χ3v) is 2.01. The molecule has 0 fully saturated rings. The molecular weight excluding hydrogens is 226 g/mol. The molecule has 1 atom stereocenters.